The Morgan fingerprint density at radius 2 is 1.88 bits per heavy atom. The molecule has 1 unspecified atom stereocenters. The summed E-state index contributed by atoms with van der Waals surface area (Å²) in [6.45, 7) is 1.28. The molecule has 0 aliphatic carbocycles. The summed E-state index contributed by atoms with van der Waals surface area (Å²) in [5, 5.41) is 2.58. The van der Waals surface area contributed by atoms with Gasteiger partial charge in [0.15, 0.2) is 0 Å². The van der Waals surface area contributed by atoms with Crippen molar-refractivity contribution in [2.24, 2.45) is 0 Å². The maximum absolute atomic E-state index is 13.8. The second-order valence-corrected chi connectivity index (χ2v) is 6.07. The molecule has 7 heteroatoms. The number of hydrogen-bond acceptors (Lipinski definition) is 2. The van der Waals surface area contributed by atoms with E-state index in [1.54, 1.807) is 6.07 Å². The number of nitrogens with zero attached hydrogens (tertiary/aromatic N) is 1. The number of hydrogen-bond donors (Lipinski definition) is 1. The molecular weight excluding hydrogens is 338 g/mol. The van der Waals surface area contributed by atoms with Crippen molar-refractivity contribution in [2.75, 3.05) is 0 Å². The van der Waals surface area contributed by atoms with Crippen LogP contribution in [0.1, 0.15) is 18.1 Å². The summed E-state index contributed by atoms with van der Waals surface area (Å²) in [5.74, 6) is -1.64. The lowest BCUT2D eigenvalue weighted by Gasteiger charge is -2.23. The molecule has 1 atom stereocenters. The predicted octanol–water partition coefficient (Wildman–Crippen LogP) is 3.59. The van der Waals surface area contributed by atoms with E-state index < -0.39 is 29.1 Å². The summed E-state index contributed by atoms with van der Waals surface area (Å²) in [7, 11) is 0. The first-order valence-electron chi connectivity index (χ1n) is 7.16. The Balaban J connectivity index is 1.95. The number of amides is 3. The first-order chi connectivity index (χ1) is 11.3. The fourth-order valence-electron chi connectivity index (χ4n) is 2.72. The molecule has 3 rings (SSSR count). The quantitative estimate of drug-likeness (QED) is 0.860. The maximum atomic E-state index is 13.8. The average molecular weight is 351 g/mol. The minimum Gasteiger partial charge on any atom is -0.319 e. The highest BCUT2D eigenvalue weighted by atomic mass is 35.5. The highest BCUT2D eigenvalue weighted by molar-refractivity contribution is 6.32. The van der Waals surface area contributed by atoms with Gasteiger partial charge in [-0.15, -0.1) is 0 Å². The zero-order valence-corrected chi connectivity index (χ0v) is 13.4. The normalized spacial score (nSPS) is 20.4. The van der Waals surface area contributed by atoms with Crippen molar-refractivity contribution in [3.8, 4) is 0 Å². The lowest BCUT2D eigenvalue weighted by atomic mass is 9.92. The molecule has 124 valence electrons. The van der Waals surface area contributed by atoms with Crippen molar-refractivity contribution < 1.29 is 18.4 Å². The first-order valence-corrected chi connectivity index (χ1v) is 7.54. The van der Waals surface area contributed by atoms with Crippen molar-refractivity contribution in [3.05, 3.63) is 70.2 Å². The van der Waals surface area contributed by atoms with Crippen LogP contribution in [0, 0.1) is 11.6 Å². The summed E-state index contributed by atoms with van der Waals surface area (Å²) in [6.07, 6.45) is 0. The smallest absolute Gasteiger partial charge is 0.319 e. The van der Waals surface area contributed by atoms with Gasteiger partial charge in [-0.3, -0.25) is 9.69 Å². The van der Waals surface area contributed by atoms with Crippen molar-refractivity contribution in [2.45, 2.75) is 19.0 Å². The van der Waals surface area contributed by atoms with E-state index in [-0.39, 0.29) is 22.7 Å². The number of urea groups is 1. The molecule has 1 saturated heterocycles. The van der Waals surface area contributed by atoms with Crippen molar-refractivity contribution in [1.82, 2.24) is 10.2 Å². The van der Waals surface area contributed by atoms with Crippen LogP contribution < -0.4 is 5.32 Å². The van der Waals surface area contributed by atoms with Crippen molar-refractivity contribution in [3.63, 3.8) is 0 Å². The Kier molecular flexibility index (Phi) is 4.01. The van der Waals surface area contributed by atoms with Crippen LogP contribution in [-0.4, -0.2) is 16.8 Å². The molecule has 2 aromatic carbocycles. The van der Waals surface area contributed by atoms with E-state index >= 15 is 0 Å². The molecule has 0 spiro atoms. The molecule has 0 bridgehead atoms. The second kappa shape index (κ2) is 5.87. The van der Waals surface area contributed by atoms with Crippen LogP contribution in [0.2, 0.25) is 5.02 Å². The van der Waals surface area contributed by atoms with E-state index in [1.165, 1.54) is 31.2 Å². The predicted molar refractivity (Wildman–Crippen MR) is 84.2 cm³/mol. The van der Waals surface area contributed by atoms with Crippen LogP contribution in [0.3, 0.4) is 0 Å². The van der Waals surface area contributed by atoms with Gasteiger partial charge in [-0.25, -0.2) is 13.6 Å². The summed E-state index contributed by atoms with van der Waals surface area (Å²) in [5.41, 5.74) is -0.942. The van der Waals surface area contributed by atoms with E-state index in [1.807, 2.05) is 0 Å². The van der Waals surface area contributed by atoms with Gasteiger partial charge in [0.05, 0.1) is 6.54 Å². The molecule has 24 heavy (non-hydrogen) atoms. The summed E-state index contributed by atoms with van der Waals surface area (Å²) < 4.78 is 27.0. The third-order valence-electron chi connectivity index (χ3n) is 4.03. The second-order valence-electron chi connectivity index (χ2n) is 5.66. The van der Waals surface area contributed by atoms with Crippen molar-refractivity contribution >= 4 is 23.5 Å². The Hall–Kier alpha value is -2.47. The minimum atomic E-state index is -1.44. The molecule has 4 nitrogen and oxygen atoms in total. The van der Waals surface area contributed by atoms with Gasteiger partial charge in [-0.1, -0.05) is 35.9 Å². The van der Waals surface area contributed by atoms with Crippen LogP contribution in [0.25, 0.3) is 0 Å². The number of imide groups is 1. The fraction of sp³-hybridized carbons (Fsp3) is 0.176. The standard InChI is InChI=1S/C17H13ClF2N2O2/c1-17(12-7-6-11(19)8-13(12)18)15(23)22(16(24)21-17)9-10-4-2-3-5-14(10)20/h2-8H,9H2,1H3,(H,21,24). The number of halogens is 3. The van der Waals surface area contributed by atoms with Crippen LogP contribution >= 0.6 is 11.6 Å². The van der Waals surface area contributed by atoms with Crippen molar-refractivity contribution in [1.29, 1.82) is 0 Å². The van der Waals surface area contributed by atoms with Gasteiger partial charge in [0.2, 0.25) is 0 Å². The van der Waals surface area contributed by atoms with E-state index in [4.69, 9.17) is 11.6 Å². The Morgan fingerprint density at radius 1 is 1.17 bits per heavy atom. The largest absolute Gasteiger partial charge is 0.325 e. The molecule has 0 radical (unpaired) electrons. The number of carbonyl (C=O) groups is 2. The zero-order chi connectivity index (χ0) is 17.5. The fourth-order valence-corrected chi connectivity index (χ4v) is 3.07. The van der Waals surface area contributed by atoms with Crippen LogP contribution in [0.4, 0.5) is 13.6 Å². The third-order valence-corrected chi connectivity index (χ3v) is 4.34. The van der Waals surface area contributed by atoms with Gasteiger partial charge < -0.3 is 5.32 Å². The molecular formula is C17H13ClF2N2O2. The van der Waals surface area contributed by atoms with Crippen LogP contribution in [0.15, 0.2) is 42.5 Å². The Bertz CT molecular complexity index is 843. The van der Waals surface area contributed by atoms with Gasteiger partial charge in [-0.2, -0.15) is 0 Å². The molecule has 1 fully saturated rings. The minimum absolute atomic E-state index is 0.0268. The molecule has 1 aliphatic heterocycles. The highest BCUT2D eigenvalue weighted by Gasteiger charge is 2.50. The molecule has 1 aliphatic rings. The summed E-state index contributed by atoms with van der Waals surface area (Å²) in [4.78, 5) is 25.9. The highest BCUT2D eigenvalue weighted by Crippen LogP contribution is 2.34. The van der Waals surface area contributed by atoms with Crippen LogP contribution in [0.5, 0.6) is 0 Å². The zero-order valence-electron chi connectivity index (χ0n) is 12.6. The van der Waals surface area contributed by atoms with Crippen LogP contribution in [-0.2, 0) is 16.9 Å². The lowest BCUT2D eigenvalue weighted by molar-refractivity contribution is -0.131. The van der Waals surface area contributed by atoms with E-state index in [9.17, 15) is 18.4 Å². The topological polar surface area (TPSA) is 49.4 Å². The molecule has 0 aromatic heterocycles. The first kappa shape index (κ1) is 16.4. The SMILES string of the molecule is CC1(c2ccc(F)cc2Cl)NC(=O)N(Cc2ccccc2F)C1=O. The third kappa shape index (κ3) is 2.63. The van der Waals surface area contributed by atoms with Gasteiger partial charge in [0, 0.05) is 16.1 Å². The van der Waals surface area contributed by atoms with E-state index in [0.717, 1.165) is 17.0 Å². The maximum Gasteiger partial charge on any atom is 0.325 e. The number of carbonyl (C=O) groups excluding carboxylic acids is 2. The number of rotatable bonds is 3. The molecule has 0 saturated carbocycles. The Morgan fingerprint density at radius 3 is 2.54 bits per heavy atom. The van der Waals surface area contributed by atoms with Gasteiger partial charge in [-0.05, 0) is 25.1 Å². The number of nitrogens with one attached hydrogen (secondary N) is 1. The summed E-state index contributed by atoms with van der Waals surface area (Å²) in [6, 6.07) is 8.81. The Labute approximate surface area is 142 Å². The van der Waals surface area contributed by atoms with Gasteiger partial charge >= 0.3 is 6.03 Å². The molecule has 1 N–H and O–H groups in total. The van der Waals surface area contributed by atoms with Gasteiger partial charge in [0.1, 0.15) is 17.2 Å². The lowest BCUT2D eigenvalue weighted by Crippen LogP contribution is -2.41. The number of benzene rings is 2. The van der Waals surface area contributed by atoms with E-state index in [0.29, 0.717) is 0 Å². The average Bonchev–Trinajstić information content (AvgIpc) is 2.73. The van der Waals surface area contributed by atoms with E-state index in [2.05, 4.69) is 5.32 Å². The molecule has 3 amide bonds. The summed E-state index contributed by atoms with van der Waals surface area (Å²) >= 11 is 6.02. The molecule has 2 aromatic rings. The monoisotopic (exact) mass is 350 g/mol. The molecule has 1 heterocycles. The van der Waals surface area contributed by atoms with Gasteiger partial charge in [0.25, 0.3) is 5.91 Å².